The van der Waals surface area contributed by atoms with Crippen LogP contribution in [0.3, 0.4) is 0 Å². The number of fused-ring (bicyclic) bond motifs is 1. The van der Waals surface area contributed by atoms with Gasteiger partial charge in [-0.3, -0.25) is 9.59 Å². The van der Waals surface area contributed by atoms with Crippen LogP contribution in [0.4, 0.5) is 0 Å². The second-order valence-corrected chi connectivity index (χ2v) is 7.05. The lowest BCUT2D eigenvalue weighted by atomic mass is 10.1. The van der Waals surface area contributed by atoms with Crippen molar-refractivity contribution in [3.63, 3.8) is 0 Å². The number of aromatic amines is 1. The first kappa shape index (κ1) is 18.5. The van der Waals surface area contributed by atoms with Crippen LogP contribution in [-0.2, 0) is 9.53 Å². The standard InChI is InChI=1S/C22H19ClN2O3/c23-18-7-3-2-6-17(18)20-14-25(11-12-28-20)21(26)10-9-16-13-15-5-1-4-8-19(15)24-22(16)27/h1-10,13,20H,11-12,14H2,(H,24,27)/b10-9+. The maximum atomic E-state index is 12.6. The maximum Gasteiger partial charge on any atom is 0.255 e. The van der Waals surface area contributed by atoms with Gasteiger partial charge in [0, 0.05) is 34.3 Å². The third-order valence-electron chi connectivity index (χ3n) is 4.82. The van der Waals surface area contributed by atoms with Gasteiger partial charge in [0.15, 0.2) is 0 Å². The molecule has 1 aromatic heterocycles. The number of pyridine rings is 1. The Morgan fingerprint density at radius 1 is 1.18 bits per heavy atom. The minimum absolute atomic E-state index is 0.159. The molecule has 3 aromatic rings. The first-order valence-electron chi connectivity index (χ1n) is 9.07. The molecule has 28 heavy (non-hydrogen) atoms. The normalized spacial score (nSPS) is 17.3. The van der Waals surface area contributed by atoms with Crippen molar-refractivity contribution in [2.24, 2.45) is 0 Å². The topological polar surface area (TPSA) is 62.4 Å². The number of morpholine rings is 1. The van der Waals surface area contributed by atoms with Gasteiger partial charge in [0.1, 0.15) is 6.10 Å². The molecule has 1 fully saturated rings. The van der Waals surface area contributed by atoms with Crippen molar-refractivity contribution in [1.29, 1.82) is 0 Å². The molecule has 0 spiro atoms. The number of benzene rings is 2. The van der Waals surface area contributed by atoms with Crippen LogP contribution >= 0.6 is 11.6 Å². The number of para-hydroxylation sites is 1. The largest absolute Gasteiger partial charge is 0.370 e. The highest BCUT2D eigenvalue weighted by Crippen LogP contribution is 2.28. The number of amides is 1. The molecule has 2 heterocycles. The Balaban J connectivity index is 1.51. The van der Waals surface area contributed by atoms with Crippen molar-refractivity contribution in [3.05, 3.63) is 87.2 Å². The molecule has 1 aliphatic heterocycles. The SMILES string of the molecule is O=C(/C=C/c1cc2ccccc2[nH]c1=O)N1CCOC(c2ccccc2Cl)C1. The number of aromatic nitrogens is 1. The van der Waals surface area contributed by atoms with Crippen molar-refractivity contribution in [3.8, 4) is 0 Å². The lowest BCUT2D eigenvalue weighted by molar-refractivity contribution is -0.133. The predicted molar refractivity (Wildman–Crippen MR) is 110 cm³/mol. The van der Waals surface area contributed by atoms with Gasteiger partial charge in [0.05, 0.1) is 13.2 Å². The number of hydrogen-bond donors (Lipinski definition) is 1. The molecule has 1 amide bonds. The van der Waals surface area contributed by atoms with Gasteiger partial charge >= 0.3 is 0 Å². The molecule has 1 unspecified atom stereocenters. The fourth-order valence-electron chi connectivity index (χ4n) is 3.33. The summed E-state index contributed by atoms with van der Waals surface area (Å²) in [7, 11) is 0. The van der Waals surface area contributed by atoms with E-state index in [1.54, 1.807) is 17.0 Å². The van der Waals surface area contributed by atoms with E-state index in [9.17, 15) is 9.59 Å². The molecular weight excluding hydrogens is 376 g/mol. The lowest BCUT2D eigenvalue weighted by Gasteiger charge is -2.33. The third-order valence-corrected chi connectivity index (χ3v) is 5.16. The van der Waals surface area contributed by atoms with Gasteiger partial charge in [-0.05, 0) is 29.7 Å². The number of nitrogens with one attached hydrogen (secondary N) is 1. The highest BCUT2D eigenvalue weighted by molar-refractivity contribution is 6.31. The van der Waals surface area contributed by atoms with Crippen molar-refractivity contribution in [2.45, 2.75) is 6.10 Å². The quantitative estimate of drug-likeness (QED) is 0.687. The molecule has 1 aliphatic rings. The molecule has 0 bridgehead atoms. The zero-order valence-corrected chi connectivity index (χ0v) is 15.9. The van der Waals surface area contributed by atoms with Gasteiger partial charge in [0.2, 0.25) is 5.91 Å². The fraction of sp³-hybridized carbons (Fsp3) is 0.182. The molecule has 0 radical (unpaired) electrons. The summed E-state index contributed by atoms with van der Waals surface area (Å²) in [5.74, 6) is -0.159. The Bertz CT molecular complexity index is 1110. The smallest absolute Gasteiger partial charge is 0.255 e. The van der Waals surface area contributed by atoms with Crippen LogP contribution in [0.25, 0.3) is 17.0 Å². The summed E-state index contributed by atoms with van der Waals surface area (Å²) in [4.78, 5) is 29.4. The molecule has 0 saturated carbocycles. The van der Waals surface area contributed by atoms with E-state index in [1.165, 1.54) is 6.08 Å². The zero-order valence-electron chi connectivity index (χ0n) is 15.1. The summed E-state index contributed by atoms with van der Waals surface area (Å²) >= 11 is 6.26. The fourth-order valence-corrected chi connectivity index (χ4v) is 3.59. The molecule has 1 atom stereocenters. The van der Waals surface area contributed by atoms with Crippen molar-refractivity contribution >= 4 is 34.5 Å². The van der Waals surface area contributed by atoms with Crippen molar-refractivity contribution in [2.75, 3.05) is 19.7 Å². The van der Waals surface area contributed by atoms with E-state index in [2.05, 4.69) is 4.98 Å². The van der Waals surface area contributed by atoms with E-state index >= 15 is 0 Å². The van der Waals surface area contributed by atoms with Crippen LogP contribution in [0.15, 0.2) is 65.5 Å². The highest BCUT2D eigenvalue weighted by atomic mass is 35.5. The number of carbonyl (C=O) groups is 1. The summed E-state index contributed by atoms with van der Waals surface area (Å²) in [6, 6.07) is 16.8. The Morgan fingerprint density at radius 3 is 2.82 bits per heavy atom. The number of H-pyrrole nitrogens is 1. The number of nitrogens with zero attached hydrogens (tertiary/aromatic N) is 1. The predicted octanol–water partition coefficient (Wildman–Crippen LogP) is 3.79. The molecule has 1 N–H and O–H groups in total. The summed E-state index contributed by atoms with van der Waals surface area (Å²) in [6.07, 6.45) is 2.74. The Morgan fingerprint density at radius 2 is 1.96 bits per heavy atom. The first-order chi connectivity index (χ1) is 13.6. The molecule has 4 rings (SSSR count). The number of ether oxygens (including phenoxy) is 1. The Kier molecular flexibility index (Phi) is 5.28. The van der Waals surface area contributed by atoms with E-state index in [4.69, 9.17) is 16.3 Å². The molecule has 5 nitrogen and oxygen atoms in total. The monoisotopic (exact) mass is 394 g/mol. The number of carbonyl (C=O) groups excluding carboxylic acids is 1. The van der Waals surface area contributed by atoms with Gasteiger partial charge < -0.3 is 14.6 Å². The number of rotatable bonds is 3. The van der Waals surface area contributed by atoms with Crippen LogP contribution in [-0.4, -0.2) is 35.5 Å². The van der Waals surface area contributed by atoms with Gasteiger partial charge in [-0.2, -0.15) is 0 Å². The van der Waals surface area contributed by atoms with E-state index < -0.39 is 0 Å². The van der Waals surface area contributed by atoms with Crippen LogP contribution in [0.2, 0.25) is 5.02 Å². The van der Waals surface area contributed by atoms with Crippen LogP contribution in [0, 0.1) is 0 Å². The molecule has 0 aliphatic carbocycles. The van der Waals surface area contributed by atoms with Gasteiger partial charge in [0.25, 0.3) is 5.56 Å². The van der Waals surface area contributed by atoms with Crippen molar-refractivity contribution in [1.82, 2.24) is 9.88 Å². The highest BCUT2D eigenvalue weighted by Gasteiger charge is 2.25. The number of halogens is 1. The number of hydrogen-bond acceptors (Lipinski definition) is 3. The summed E-state index contributed by atoms with van der Waals surface area (Å²) < 4.78 is 5.80. The van der Waals surface area contributed by atoms with Crippen LogP contribution < -0.4 is 5.56 Å². The first-order valence-corrected chi connectivity index (χ1v) is 9.45. The average Bonchev–Trinajstić information content (AvgIpc) is 2.72. The third kappa shape index (κ3) is 3.86. The maximum absolute atomic E-state index is 12.6. The summed E-state index contributed by atoms with van der Waals surface area (Å²) in [5.41, 5.74) is 1.87. The van der Waals surface area contributed by atoms with Gasteiger partial charge in [-0.1, -0.05) is 48.0 Å². The minimum atomic E-state index is -0.260. The van der Waals surface area contributed by atoms with Gasteiger partial charge in [-0.25, -0.2) is 0 Å². The van der Waals surface area contributed by atoms with Crippen LogP contribution in [0.5, 0.6) is 0 Å². The molecular formula is C22H19ClN2O3. The Hall–Kier alpha value is -2.89. The molecule has 1 saturated heterocycles. The second kappa shape index (κ2) is 8.00. The molecule has 142 valence electrons. The van der Waals surface area contributed by atoms with Crippen molar-refractivity contribution < 1.29 is 9.53 Å². The van der Waals surface area contributed by atoms with E-state index in [1.807, 2.05) is 48.5 Å². The minimum Gasteiger partial charge on any atom is -0.370 e. The lowest BCUT2D eigenvalue weighted by Crippen LogP contribution is -2.41. The zero-order chi connectivity index (χ0) is 19.5. The van der Waals surface area contributed by atoms with Gasteiger partial charge in [-0.15, -0.1) is 0 Å². The summed E-state index contributed by atoms with van der Waals surface area (Å²) in [6.45, 7) is 1.35. The second-order valence-electron chi connectivity index (χ2n) is 6.64. The average molecular weight is 395 g/mol. The molecule has 2 aromatic carbocycles. The summed E-state index contributed by atoms with van der Waals surface area (Å²) in [5, 5.41) is 1.54. The molecule has 6 heteroatoms. The van der Waals surface area contributed by atoms with E-state index in [-0.39, 0.29) is 17.6 Å². The Labute approximate surface area is 167 Å². The van der Waals surface area contributed by atoms with Crippen LogP contribution in [0.1, 0.15) is 17.2 Å². The van der Waals surface area contributed by atoms with E-state index in [0.717, 1.165) is 16.5 Å². The van der Waals surface area contributed by atoms with E-state index in [0.29, 0.717) is 30.3 Å².